The van der Waals surface area contributed by atoms with Crippen LogP contribution in [0.2, 0.25) is 0 Å². The van der Waals surface area contributed by atoms with Gasteiger partial charge in [-0.05, 0) is 58.4 Å². The van der Waals surface area contributed by atoms with Gasteiger partial charge >= 0.3 is 0 Å². The molecule has 0 aromatic carbocycles. The van der Waals surface area contributed by atoms with Crippen LogP contribution in [0.1, 0.15) is 19.3 Å². The molecule has 0 aliphatic carbocycles. The van der Waals surface area contributed by atoms with Crippen molar-refractivity contribution in [3.8, 4) is 0 Å². The van der Waals surface area contributed by atoms with E-state index in [1.54, 1.807) is 0 Å². The molecule has 88 valence electrons. The number of hydrogen-bond donors (Lipinski definition) is 1. The van der Waals surface area contributed by atoms with E-state index in [1.165, 1.54) is 65.1 Å². The number of nitrogens with one attached hydrogen (secondary N) is 1. The third-order valence-electron chi connectivity index (χ3n) is 3.79. The summed E-state index contributed by atoms with van der Waals surface area (Å²) in [7, 11) is 2.24. The molecule has 2 aliphatic heterocycles. The van der Waals surface area contributed by atoms with Gasteiger partial charge in [-0.3, -0.25) is 0 Å². The van der Waals surface area contributed by atoms with Gasteiger partial charge in [0.2, 0.25) is 0 Å². The lowest BCUT2D eigenvalue weighted by Gasteiger charge is -2.29. The molecule has 0 aromatic heterocycles. The molecule has 0 spiro atoms. The summed E-state index contributed by atoms with van der Waals surface area (Å²) in [6.45, 7) is 8.94. The van der Waals surface area contributed by atoms with Gasteiger partial charge in [-0.1, -0.05) is 0 Å². The molecule has 2 rings (SSSR count). The smallest absolute Gasteiger partial charge is 0.0109 e. The molecule has 0 aromatic rings. The molecular weight excluding hydrogens is 186 g/mol. The molecule has 0 saturated carbocycles. The van der Waals surface area contributed by atoms with Gasteiger partial charge in [-0.2, -0.15) is 0 Å². The van der Waals surface area contributed by atoms with Crippen LogP contribution in [0.25, 0.3) is 0 Å². The van der Waals surface area contributed by atoms with Crippen LogP contribution in [0.15, 0.2) is 0 Å². The maximum absolute atomic E-state index is 3.44. The van der Waals surface area contributed by atoms with E-state index in [9.17, 15) is 0 Å². The molecule has 0 amide bonds. The van der Waals surface area contributed by atoms with Gasteiger partial charge in [0.25, 0.3) is 0 Å². The summed E-state index contributed by atoms with van der Waals surface area (Å²) in [5.41, 5.74) is 0. The van der Waals surface area contributed by atoms with E-state index in [0.717, 1.165) is 5.92 Å². The molecule has 0 radical (unpaired) electrons. The van der Waals surface area contributed by atoms with Crippen molar-refractivity contribution in [2.45, 2.75) is 19.3 Å². The van der Waals surface area contributed by atoms with Crippen LogP contribution in [0.3, 0.4) is 0 Å². The zero-order valence-corrected chi connectivity index (χ0v) is 10.0. The Bertz CT molecular complexity index is 178. The number of likely N-dealkylation sites (N-methyl/N-ethyl adjacent to an activating group) is 1. The maximum atomic E-state index is 3.44. The van der Waals surface area contributed by atoms with Gasteiger partial charge in [0.05, 0.1) is 0 Å². The predicted molar refractivity (Wildman–Crippen MR) is 64.1 cm³/mol. The monoisotopic (exact) mass is 211 g/mol. The van der Waals surface area contributed by atoms with Gasteiger partial charge in [-0.15, -0.1) is 0 Å². The van der Waals surface area contributed by atoms with E-state index in [4.69, 9.17) is 0 Å². The van der Waals surface area contributed by atoms with Crippen LogP contribution < -0.4 is 5.32 Å². The first-order chi connectivity index (χ1) is 7.34. The van der Waals surface area contributed by atoms with Crippen LogP contribution in [0.4, 0.5) is 0 Å². The number of nitrogens with zero attached hydrogens (tertiary/aromatic N) is 2. The summed E-state index contributed by atoms with van der Waals surface area (Å²) in [6.07, 6.45) is 4.11. The van der Waals surface area contributed by atoms with Crippen molar-refractivity contribution in [3.63, 3.8) is 0 Å². The zero-order valence-electron chi connectivity index (χ0n) is 10.0. The van der Waals surface area contributed by atoms with Crippen molar-refractivity contribution < 1.29 is 0 Å². The first kappa shape index (κ1) is 11.4. The second-order valence-corrected chi connectivity index (χ2v) is 5.15. The summed E-state index contributed by atoms with van der Waals surface area (Å²) in [6, 6.07) is 0. The Morgan fingerprint density at radius 2 is 1.87 bits per heavy atom. The molecule has 0 unspecified atom stereocenters. The van der Waals surface area contributed by atoms with E-state index in [2.05, 4.69) is 22.2 Å². The quantitative estimate of drug-likeness (QED) is 0.722. The fraction of sp³-hybridized carbons (Fsp3) is 1.00. The fourth-order valence-electron chi connectivity index (χ4n) is 2.71. The lowest BCUT2D eigenvalue weighted by atomic mass is 9.97. The van der Waals surface area contributed by atoms with E-state index < -0.39 is 0 Å². The zero-order chi connectivity index (χ0) is 10.5. The van der Waals surface area contributed by atoms with Crippen LogP contribution >= 0.6 is 0 Å². The molecule has 0 atom stereocenters. The first-order valence-electron chi connectivity index (χ1n) is 6.46. The Morgan fingerprint density at radius 3 is 2.67 bits per heavy atom. The summed E-state index contributed by atoms with van der Waals surface area (Å²) in [5, 5.41) is 3.44. The van der Waals surface area contributed by atoms with Gasteiger partial charge < -0.3 is 15.1 Å². The molecule has 2 heterocycles. The van der Waals surface area contributed by atoms with Crippen LogP contribution in [0.5, 0.6) is 0 Å². The van der Waals surface area contributed by atoms with Crippen molar-refractivity contribution in [2.24, 2.45) is 5.92 Å². The highest BCUT2D eigenvalue weighted by Crippen LogP contribution is 2.14. The average molecular weight is 211 g/mol. The normalized spacial score (nSPS) is 27.8. The Morgan fingerprint density at radius 1 is 1.07 bits per heavy atom. The average Bonchev–Trinajstić information content (AvgIpc) is 2.46. The van der Waals surface area contributed by atoms with E-state index in [1.807, 2.05) is 0 Å². The van der Waals surface area contributed by atoms with Gasteiger partial charge in [0.1, 0.15) is 0 Å². The molecule has 3 nitrogen and oxygen atoms in total. The Hall–Kier alpha value is -0.120. The van der Waals surface area contributed by atoms with E-state index in [0.29, 0.717) is 0 Å². The number of rotatable bonds is 2. The largest absolute Gasteiger partial charge is 0.317 e. The summed E-state index contributed by atoms with van der Waals surface area (Å²) in [5.74, 6) is 0.953. The third-order valence-corrected chi connectivity index (χ3v) is 3.79. The van der Waals surface area contributed by atoms with Crippen molar-refractivity contribution in [3.05, 3.63) is 0 Å². The summed E-state index contributed by atoms with van der Waals surface area (Å²) in [4.78, 5) is 5.14. The molecule has 2 saturated heterocycles. The number of hydrogen-bond acceptors (Lipinski definition) is 3. The Kier molecular flexibility index (Phi) is 4.42. The third kappa shape index (κ3) is 3.74. The second-order valence-electron chi connectivity index (χ2n) is 5.15. The van der Waals surface area contributed by atoms with Crippen molar-refractivity contribution in [2.75, 3.05) is 52.9 Å². The minimum Gasteiger partial charge on any atom is -0.317 e. The molecule has 15 heavy (non-hydrogen) atoms. The summed E-state index contributed by atoms with van der Waals surface area (Å²) >= 11 is 0. The Labute approximate surface area is 93.8 Å². The van der Waals surface area contributed by atoms with Crippen molar-refractivity contribution >= 4 is 0 Å². The lowest BCUT2D eigenvalue weighted by molar-refractivity contribution is 0.210. The lowest BCUT2D eigenvalue weighted by Crippen LogP contribution is -2.37. The van der Waals surface area contributed by atoms with Crippen LogP contribution in [-0.2, 0) is 0 Å². The van der Waals surface area contributed by atoms with Crippen molar-refractivity contribution in [1.29, 1.82) is 0 Å². The highest BCUT2D eigenvalue weighted by atomic mass is 15.2. The van der Waals surface area contributed by atoms with Gasteiger partial charge in [0, 0.05) is 19.6 Å². The highest BCUT2D eigenvalue weighted by molar-refractivity contribution is 4.74. The summed E-state index contributed by atoms with van der Waals surface area (Å²) < 4.78 is 0. The molecule has 2 fully saturated rings. The first-order valence-corrected chi connectivity index (χ1v) is 6.46. The topological polar surface area (TPSA) is 18.5 Å². The molecule has 2 aliphatic rings. The highest BCUT2D eigenvalue weighted by Gasteiger charge is 2.18. The van der Waals surface area contributed by atoms with E-state index in [-0.39, 0.29) is 0 Å². The molecule has 1 N–H and O–H groups in total. The van der Waals surface area contributed by atoms with E-state index >= 15 is 0 Å². The number of piperidine rings is 1. The standard InChI is InChI=1S/C12H25N3/c1-14-7-2-8-15(10-9-14)11-12-3-5-13-6-4-12/h12-13H,2-11H2,1H3. The fourth-order valence-corrected chi connectivity index (χ4v) is 2.71. The van der Waals surface area contributed by atoms with Gasteiger partial charge in [-0.25, -0.2) is 0 Å². The second kappa shape index (κ2) is 5.83. The minimum absolute atomic E-state index is 0.953. The molecular formula is C12H25N3. The predicted octanol–water partition coefficient (Wildman–Crippen LogP) is 0.623. The maximum Gasteiger partial charge on any atom is 0.0109 e. The van der Waals surface area contributed by atoms with Crippen LogP contribution in [0, 0.1) is 5.92 Å². The molecule has 3 heteroatoms. The SMILES string of the molecule is CN1CCCN(CC2CCNCC2)CC1. The van der Waals surface area contributed by atoms with Gasteiger partial charge in [0.15, 0.2) is 0 Å². The van der Waals surface area contributed by atoms with Crippen LogP contribution in [-0.4, -0.2) is 62.7 Å². The molecule has 0 bridgehead atoms. The minimum atomic E-state index is 0.953. The van der Waals surface area contributed by atoms with Crippen molar-refractivity contribution in [1.82, 2.24) is 15.1 Å². The Balaban J connectivity index is 1.72.